The van der Waals surface area contributed by atoms with Gasteiger partial charge in [-0.05, 0) is 40.0 Å². The molecular weight excluding hydrogens is 381 g/mol. The Hall–Kier alpha value is -2.26. The third kappa shape index (κ3) is 3.17. The van der Waals surface area contributed by atoms with Gasteiger partial charge in [0.1, 0.15) is 23.1 Å². The number of rotatable bonds is 6. The molecule has 0 aliphatic carbocycles. The van der Waals surface area contributed by atoms with E-state index < -0.39 is 11.7 Å². The molecular formula is C15H15BrFN5O2. The minimum atomic E-state index is -0.666. The van der Waals surface area contributed by atoms with Gasteiger partial charge in [-0.2, -0.15) is 10.2 Å². The van der Waals surface area contributed by atoms with Crippen LogP contribution >= 0.6 is 15.9 Å². The summed E-state index contributed by atoms with van der Waals surface area (Å²) in [4.78, 5) is 12.2. The fourth-order valence-corrected chi connectivity index (χ4v) is 2.88. The lowest BCUT2D eigenvalue weighted by atomic mass is 9.92. The lowest BCUT2D eigenvalue weighted by Gasteiger charge is -2.12. The average molecular weight is 396 g/mol. The highest BCUT2D eigenvalue weighted by Gasteiger charge is 2.35. The summed E-state index contributed by atoms with van der Waals surface area (Å²) in [6.45, 7) is 0.637. The maximum atomic E-state index is 13.5. The third-order valence-electron chi connectivity index (χ3n) is 3.64. The lowest BCUT2D eigenvalue weighted by molar-refractivity contribution is -0.120. The maximum Gasteiger partial charge on any atom is 0.253 e. The Morgan fingerprint density at radius 1 is 1.42 bits per heavy atom. The Labute approximate surface area is 145 Å². The van der Waals surface area contributed by atoms with Crippen LogP contribution in [0.5, 0.6) is 0 Å². The van der Waals surface area contributed by atoms with Crippen molar-refractivity contribution in [2.75, 3.05) is 18.5 Å². The molecule has 1 aliphatic heterocycles. The van der Waals surface area contributed by atoms with Crippen LogP contribution in [0.4, 0.5) is 10.1 Å². The summed E-state index contributed by atoms with van der Waals surface area (Å²) in [5.74, 6) is -1.36. The number of anilines is 1. The van der Waals surface area contributed by atoms with E-state index in [2.05, 4.69) is 42.0 Å². The van der Waals surface area contributed by atoms with Gasteiger partial charge in [0.15, 0.2) is 0 Å². The molecule has 0 saturated carbocycles. The number of aromatic amines is 1. The number of halogens is 2. The van der Waals surface area contributed by atoms with Gasteiger partial charge in [-0.3, -0.25) is 9.89 Å². The lowest BCUT2D eigenvalue weighted by Crippen LogP contribution is -2.22. The van der Waals surface area contributed by atoms with Crippen molar-refractivity contribution in [1.29, 1.82) is 0 Å². The number of H-pyrrole nitrogens is 1. The number of carbonyl (C=O) groups is 1. The van der Waals surface area contributed by atoms with E-state index in [1.54, 1.807) is 18.3 Å². The predicted molar refractivity (Wildman–Crippen MR) is 90.3 cm³/mol. The van der Waals surface area contributed by atoms with Gasteiger partial charge in [0, 0.05) is 13.2 Å². The number of benzene rings is 1. The Kier molecular flexibility index (Phi) is 4.91. The highest BCUT2D eigenvalue weighted by Crippen LogP contribution is 2.30. The van der Waals surface area contributed by atoms with Gasteiger partial charge in [-0.25, -0.2) is 9.82 Å². The van der Waals surface area contributed by atoms with E-state index in [-0.39, 0.29) is 17.0 Å². The predicted octanol–water partition coefficient (Wildman–Crippen LogP) is 1.72. The Morgan fingerprint density at radius 2 is 2.25 bits per heavy atom. The SMILES string of the molecule is O=C1NN=C(c2[nH]ncc2NCCCO)C1c1ccc(F)c(Br)c1. The zero-order valence-electron chi connectivity index (χ0n) is 12.5. The van der Waals surface area contributed by atoms with Crippen LogP contribution in [0.15, 0.2) is 34.0 Å². The van der Waals surface area contributed by atoms with Gasteiger partial charge >= 0.3 is 0 Å². The van der Waals surface area contributed by atoms with E-state index in [0.29, 0.717) is 35.6 Å². The first-order valence-corrected chi connectivity index (χ1v) is 8.12. The molecule has 1 amide bonds. The standard InChI is InChI=1S/C15H15BrFN5O2/c16-9-6-8(2-3-10(9)17)12-14(21-22-15(12)24)13-11(7-19-20-13)18-4-1-5-23/h2-3,6-7,12,18,23H,1,4-5H2,(H,19,20)(H,22,24). The molecule has 4 N–H and O–H groups in total. The minimum absolute atomic E-state index is 0.0768. The summed E-state index contributed by atoms with van der Waals surface area (Å²) in [5, 5.41) is 22.9. The van der Waals surface area contributed by atoms with Crippen molar-refractivity contribution >= 4 is 33.2 Å². The number of hydrazone groups is 1. The van der Waals surface area contributed by atoms with Crippen LogP contribution in [-0.4, -0.2) is 40.1 Å². The van der Waals surface area contributed by atoms with Crippen LogP contribution in [0.25, 0.3) is 0 Å². The summed E-state index contributed by atoms with van der Waals surface area (Å²) in [6.07, 6.45) is 2.18. The van der Waals surface area contributed by atoms with Crippen molar-refractivity contribution < 1.29 is 14.3 Å². The molecule has 1 atom stereocenters. The summed E-state index contributed by atoms with van der Waals surface area (Å²) in [5.41, 5.74) is 4.82. The largest absolute Gasteiger partial charge is 0.396 e. The number of aromatic nitrogens is 2. The maximum absolute atomic E-state index is 13.5. The smallest absolute Gasteiger partial charge is 0.253 e. The molecule has 0 radical (unpaired) electrons. The molecule has 7 nitrogen and oxygen atoms in total. The first kappa shape index (κ1) is 16.6. The van der Waals surface area contributed by atoms with E-state index in [0.717, 1.165) is 0 Å². The second-order valence-electron chi connectivity index (χ2n) is 5.24. The molecule has 0 saturated heterocycles. The number of nitrogens with zero attached hydrogens (tertiary/aromatic N) is 2. The van der Waals surface area contributed by atoms with Crippen LogP contribution in [0, 0.1) is 5.82 Å². The molecule has 1 unspecified atom stereocenters. The molecule has 0 fully saturated rings. The first-order valence-electron chi connectivity index (χ1n) is 7.32. The third-order valence-corrected chi connectivity index (χ3v) is 4.25. The second-order valence-corrected chi connectivity index (χ2v) is 6.10. The number of carbonyl (C=O) groups excluding carboxylic acids is 1. The number of amides is 1. The van der Waals surface area contributed by atoms with Gasteiger partial charge in [-0.15, -0.1) is 0 Å². The molecule has 2 aromatic rings. The molecule has 0 spiro atoms. The second kappa shape index (κ2) is 7.10. The summed E-state index contributed by atoms with van der Waals surface area (Å²) in [7, 11) is 0. The first-order chi connectivity index (χ1) is 11.6. The van der Waals surface area contributed by atoms with Crippen molar-refractivity contribution in [3.8, 4) is 0 Å². The quantitative estimate of drug-likeness (QED) is 0.559. The molecule has 0 bridgehead atoms. The molecule has 1 aromatic carbocycles. The number of aliphatic hydroxyl groups is 1. The summed E-state index contributed by atoms with van der Waals surface area (Å²) >= 11 is 3.14. The molecule has 1 aliphatic rings. The van der Waals surface area contributed by atoms with E-state index in [1.165, 1.54) is 6.07 Å². The fraction of sp³-hybridized carbons (Fsp3) is 0.267. The highest BCUT2D eigenvalue weighted by atomic mass is 79.9. The average Bonchev–Trinajstić information content (AvgIpc) is 3.17. The van der Waals surface area contributed by atoms with Crippen molar-refractivity contribution in [3.05, 3.63) is 45.9 Å². The van der Waals surface area contributed by atoms with Crippen molar-refractivity contribution in [2.45, 2.75) is 12.3 Å². The Bertz CT molecular complexity index is 792. The number of hydrogen-bond donors (Lipinski definition) is 4. The van der Waals surface area contributed by atoms with Gasteiger partial charge in [0.2, 0.25) is 0 Å². The molecule has 1 aromatic heterocycles. The number of aliphatic hydroxyl groups excluding tert-OH is 1. The number of hydrogen-bond acceptors (Lipinski definition) is 5. The minimum Gasteiger partial charge on any atom is -0.396 e. The topological polar surface area (TPSA) is 102 Å². The van der Waals surface area contributed by atoms with Crippen LogP contribution in [-0.2, 0) is 4.79 Å². The Morgan fingerprint density at radius 3 is 3.00 bits per heavy atom. The van der Waals surface area contributed by atoms with Crippen LogP contribution in [0.1, 0.15) is 23.6 Å². The fourth-order valence-electron chi connectivity index (χ4n) is 2.49. The van der Waals surface area contributed by atoms with E-state index in [1.807, 2.05) is 0 Å². The van der Waals surface area contributed by atoms with Gasteiger partial charge < -0.3 is 10.4 Å². The van der Waals surface area contributed by atoms with Gasteiger partial charge in [0.25, 0.3) is 5.91 Å². The molecule has 9 heteroatoms. The zero-order valence-corrected chi connectivity index (χ0v) is 14.1. The summed E-state index contributed by atoms with van der Waals surface area (Å²) < 4.78 is 13.7. The summed E-state index contributed by atoms with van der Waals surface area (Å²) in [6, 6.07) is 4.42. The van der Waals surface area contributed by atoms with E-state index in [4.69, 9.17) is 5.11 Å². The highest BCUT2D eigenvalue weighted by molar-refractivity contribution is 9.10. The van der Waals surface area contributed by atoms with Crippen molar-refractivity contribution in [2.24, 2.45) is 5.10 Å². The van der Waals surface area contributed by atoms with Crippen LogP contribution in [0.3, 0.4) is 0 Å². The normalized spacial score (nSPS) is 16.9. The van der Waals surface area contributed by atoms with Crippen molar-refractivity contribution in [3.63, 3.8) is 0 Å². The van der Waals surface area contributed by atoms with E-state index >= 15 is 0 Å². The number of nitrogens with one attached hydrogen (secondary N) is 3. The van der Waals surface area contributed by atoms with Gasteiger partial charge in [-0.1, -0.05) is 6.07 Å². The van der Waals surface area contributed by atoms with E-state index in [9.17, 15) is 9.18 Å². The van der Waals surface area contributed by atoms with Gasteiger partial charge in [0.05, 0.1) is 16.4 Å². The Balaban J connectivity index is 1.91. The zero-order chi connectivity index (χ0) is 17.1. The van der Waals surface area contributed by atoms with Crippen molar-refractivity contribution in [1.82, 2.24) is 15.6 Å². The molecule has 24 heavy (non-hydrogen) atoms. The van der Waals surface area contributed by atoms with Crippen LogP contribution in [0.2, 0.25) is 0 Å². The molecule has 3 rings (SSSR count). The van der Waals surface area contributed by atoms with Crippen LogP contribution < -0.4 is 10.7 Å². The molecule has 2 heterocycles. The molecule has 126 valence electrons. The monoisotopic (exact) mass is 395 g/mol.